The van der Waals surface area contributed by atoms with E-state index in [-0.39, 0.29) is 11.9 Å². The van der Waals surface area contributed by atoms with Crippen LogP contribution in [0.25, 0.3) is 0 Å². The molecule has 5 nitrogen and oxygen atoms in total. The van der Waals surface area contributed by atoms with Crippen LogP contribution in [0, 0.1) is 5.92 Å². The molecule has 2 unspecified atom stereocenters. The molecule has 2 aliphatic rings. The number of hydrogen-bond donors (Lipinski definition) is 1. The van der Waals surface area contributed by atoms with Crippen LogP contribution >= 0.6 is 0 Å². The highest BCUT2D eigenvalue weighted by molar-refractivity contribution is 5.83. The van der Waals surface area contributed by atoms with Gasteiger partial charge >= 0.3 is 12.0 Å². The number of likely N-dealkylation sites (tertiary alicyclic amines) is 1. The highest BCUT2D eigenvalue weighted by atomic mass is 16.4. The van der Waals surface area contributed by atoms with Gasteiger partial charge in [-0.2, -0.15) is 0 Å². The van der Waals surface area contributed by atoms with Gasteiger partial charge in [0.1, 0.15) is 6.04 Å². The third-order valence-electron chi connectivity index (χ3n) is 4.78. The minimum absolute atomic E-state index is 0.0347. The van der Waals surface area contributed by atoms with Gasteiger partial charge in [0.2, 0.25) is 0 Å². The molecule has 1 saturated heterocycles. The second-order valence-corrected chi connectivity index (χ2v) is 6.10. The lowest BCUT2D eigenvalue weighted by Gasteiger charge is -2.41. The van der Waals surface area contributed by atoms with Gasteiger partial charge in [-0.1, -0.05) is 19.8 Å². The molecule has 1 N–H and O–H groups in total. The van der Waals surface area contributed by atoms with Crippen molar-refractivity contribution in [2.24, 2.45) is 5.92 Å². The molecular formula is C15H26N2O3. The summed E-state index contributed by atoms with van der Waals surface area (Å²) in [4.78, 5) is 27.8. The van der Waals surface area contributed by atoms with E-state index in [1.807, 2.05) is 18.7 Å². The van der Waals surface area contributed by atoms with Crippen molar-refractivity contribution < 1.29 is 14.7 Å². The van der Waals surface area contributed by atoms with Gasteiger partial charge in [0.25, 0.3) is 0 Å². The summed E-state index contributed by atoms with van der Waals surface area (Å²) in [5.74, 6) is -0.833. The van der Waals surface area contributed by atoms with Crippen molar-refractivity contribution >= 4 is 12.0 Å². The zero-order valence-electron chi connectivity index (χ0n) is 12.5. The minimum Gasteiger partial charge on any atom is -0.480 e. The molecule has 0 aromatic carbocycles. The average Bonchev–Trinajstić information content (AvgIpc) is 2.92. The molecule has 2 atom stereocenters. The lowest BCUT2D eigenvalue weighted by Crippen LogP contribution is -2.57. The zero-order chi connectivity index (χ0) is 14.7. The molecule has 0 bridgehead atoms. The predicted octanol–water partition coefficient (Wildman–Crippen LogP) is 2.56. The molecule has 1 saturated carbocycles. The number of nitrogens with zero attached hydrogens (tertiary/aromatic N) is 2. The summed E-state index contributed by atoms with van der Waals surface area (Å²) < 4.78 is 0. The average molecular weight is 282 g/mol. The van der Waals surface area contributed by atoms with E-state index in [2.05, 4.69) is 0 Å². The van der Waals surface area contributed by atoms with E-state index in [9.17, 15) is 14.7 Å². The van der Waals surface area contributed by atoms with Gasteiger partial charge in [-0.05, 0) is 38.5 Å². The summed E-state index contributed by atoms with van der Waals surface area (Å²) in [5, 5.41) is 9.44. The molecule has 1 heterocycles. The monoisotopic (exact) mass is 282 g/mol. The Kier molecular flexibility index (Phi) is 4.89. The van der Waals surface area contributed by atoms with Crippen LogP contribution in [0.2, 0.25) is 0 Å². The molecule has 0 spiro atoms. The second kappa shape index (κ2) is 6.46. The third-order valence-corrected chi connectivity index (χ3v) is 4.78. The summed E-state index contributed by atoms with van der Waals surface area (Å²) in [6, 6.07) is -0.427. The van der Waals surface area contributed by atoms with E-state index in [1.165, 1.54) is 12.8 Å². The van der Waals surface area contributed by atoms with Crippen LogP contribution in [0.4, 0.5) is 4.79 Å². The number of carbonyl (C=O) groups is 2. The van der Waals surface area contributed by atoms with Crippen LogP contribution in [0.1, 0.15) is 52.4 Å². The molecule has 20 heavy (non-hydrogen) atoms. The first-order valence-electron chi connectivity index (χ1n) is 7.86. The number of urea groups is 1. The van der Waals surface area contributed by atoms with E-state index >= 15 is 0 Å². The summed E-state index contributed by atoms with van der Waals surface area (Å²) in [7, 11) is 0. The van der Waals surface area contributed by atoms with Crippen molar-refractivity contribution in [2.75, 3.05) is 13.1 Å². The number of carbonyl (C=O) groups excluding carboxylic acids is 1. The third kappa shape index (κ3) is 2.91. The van der Waals surface area contributed by atoms with Crippen molar-refractivity contribution in [3.8, 4) is 0 Å². The maximum absolute atomic E-state index is 12.8. The van der Waals surface area contributed by atoms with Crippen molar-refractivity contribution in [1.29, 1.82) is 0 Å². The molecule has 2 amide bonds. The van der Waals surface area contributed by atoms with E-state index < -0.39 is 12.0 Å². The Labute approximate surface area is 120 Å². The van der Waals surface area contributed by atoms with Crippen LogP contribution in [0.5, 0.6) is 0 Å². The first-order valence-corrected chi connectivity index (χ1v) is 7.86. The first kappa shape index (κ1) is 15.1. The van der Waals surface area contributed by atoms with E-state index in [1.54, 1.807) is 4.90 Å². The van der Waals surface area contributed by atoms with Gasteiger partial charge < -0.3 is 14.9 Å². The Balaban J connectivity index is 2.13. The van der Waals surface area contributed by atoms with Gasteiger partial charge in [-0.25, -0.2) is 9.59 Å². The van der Waals surface area contributed by atoms with E-state index in [0.29, 0.717) is 19.1 Å². The molecule has 0 aromatic heterocycles. The normalized spacial score (nSPS) is 27.6. The Morgan fingerprint density at radius 1 is 1.20 bits per heavy atom. The van der Waals surface area contributed by atoms with Crippen LogP contribution in [0.15, 0.2) is 0 Å². The Morgan fingerprint density at radius 2 is 1.85 bits per heavy atom. The molecule has 2 fully saturated rings. The van der Waals surface area contributed by atoms with Gasteiger partial charge in [-0.3, -0.25) is 0 Å². The summed E-state index contributed by atoms with van der Waals surface area (Å²) in [6.07, 6.45) is 6.25. The van der Waals surface area contributed by atoms with Gasteiger partial charge in [0.15, 0.2) is 0 Å². The smallest absolute Gasteiger partial charge is 0.326 e. The summed E-state index contributed by atoms with van der Waals surface area (Å²) in [5.41, 5.74) is 0. The quantitative estimate of drug-likeness (QED) is 0.865. The van der Waals surface area contributed by atoms with Crippen molar-refractivity contribution in [3.63, 3.8) is 0 Å². The maximum Gasteiger partial charge on any atom is 0.326 e. The zero-order valence-corrected chi connectivity index (χ0v) is 12.5. The van der Waals surface area contributed by atoms with Gasteiger partial charge in [-0.15, -0.1) is 0 Å². The van der Waals surface area contributed by atoms with Crippen LogP contribution in [0.3, 0.4) is 0 Å². The second-order valence-electron chi connectivity index (χ2n) is 6.10. The topological polar surface area (TPSA) is 60.9 Å². The first-order chi connectivity index (χ1) is 9.56. The molecule has 0 radical (unpaired) electrons. The van der Waals surface area contributed by atoms with Crippen molar-refractivity contribution in [2.45, 2.75) is 64.5 Å². The highest BCUT2D eigenvalue weighted by Crippen LogP contribution is 2.28. The standard InChI is InChI=1S/C15H26N2O3/c1-3-16(12-8-4-5-9-12)15(20)17-10-6-7-11(2)13(17)14(18)19/h11-13H,3-10H2,1-2H3,(H,18,19). The summed E-state index contributed by atoms with van der Waals surface area (Å²) in [6.45, 7) is 5.16. The fourth-order valence-electron chi connectivity index (χ4n) is 3.71. The Bertz CT molecular complexity index is 366. The molecular weight excluding hydrogens is 256 g/mol. The van der Waals surface area contributed by atoms with E-state index in [4.69, 9.17) is 0 Å². The Hall–Kier alpha value is -1.26. The number of aliphatic carboxylic acids is 1. The fourth-order valence-corrected chi connectivity index (χ4v) is 3.71. The maximum atomic E-state index is 12.8. The molecule has 1 aliphatic heterocycles. The molecule has 1 aliphatic carbocycles. The van der Waals surface area contributed by atoms with Crippen LogP contribution in [-0.2, 0) is 4.79 Å². The molecule has 2 rings (SSSR count). The number of hydrogen-bond acceptors (Lipinski definition) is 2. The van der Waals surface area contributed by atoms with E-state index in [0.717, 1.165) is 25.7 Å². The molecule has 5 heteroatoms. The lowest BCUT2D eigenvalue weighted by atomic mass is 9.91. The fraction of sp³-hybridized carbons (Fsp3) is 0.867. The lowest BCUT2D eigenvalue weighted by molar-refractivity contribution is -0.145. The Morgan fingerprint density at radius 3 is 2.40 bits per heavy atom. The van der Waals surface area contributed by atoms with Gasteiger partial charge in [0.05, 0.1) is 0 Å². The predicted molar refractivity (Wildman–Crippen MR) is 76.6 cm³/mol. The molecule has 0 aromatic rings. The SMILES string of the molecule is CCN(C(=O)N1CCCC(C)C1C(=O)O)C1CCCC1. The van der Waals surface area contributed by atoms with Gasteiger partial charge in [0, 0.05) is 19.1 Å². The summed E-state index contributed by atoms with van der Waals surface area (Å²) >= 11 is 0. The minimum atomic E-state index is -0.868. The number of piperidine rings is 1. The molecule has 114 valence electrons. The number of carboxylic acids is 1. The van der Waals surface area contributed by atoms with Crippen LogP contribution < -0.4 is 0 Å². The number of rotatable bonds is 3. The number of amides is 2. The largest absolute Gasteiger partial charge is 0.480 e. The van der Waals surface area contributed by atoms with Crippen molar-refractivity contribution in [3.05, 3.63) is 0 Å². The van der Waals surface area contributed by atoms with Crippen LogP contribution in [-0.4, -0.2) is 52.1 Å². The number of carboxylic acid groups (broad SMARTS) is 1. The van der Waals surface area contributed by atoms with Crippen molar-refractivity contribution in [1.82, 2.24) is 9.80 Å². The highest BCUT2D eigenvalue weighted by Gasteiger charge is 2.40.